The Morgan fingerprint density at radius 1 is 1.07 bits per heavy atom. The minimum Gasteiger partial charge on any atom is -0.480 e. The van der Waals surface area contributed by atoms with Crippen molar-refractivity contribution in [2.75, 3.05) is 4.72 Å². The zero-order chi connectivity index (χ0) is 19.6. The van der Waals surface area contributed by atoms with E-state index in [2.05, 4.69) is 4.72 Å². The summed E-state index contributed by atoms with van der Waals surface area (Å²) in [6.07, 6.45) is 1.58. The van der Waals surface area contributed by atoms with Gasteiger partial charge in [-0.2, -0.15) is 0 Å². The number of hydrogen-bond donors (Lipinski definition) is 2. The van der Waals surface area contributed by atoms with Crippen LogP contribution in [0.2, 0.25) is 0 Å². The first-order chi connectivity index (χ1) is 12.8. The van der Waals surface area contributed by atoms with Crippen molar-refractivity contribution < 1.29 is 23.1 Å². The van der Waals surface area contributed by atoms with Crippen molar-refractivity contribution in [1.82, 2.24) is 4.90 Å². The maximum Gasteiger partial charge on any atom is 0.326 e. The van der Waals surface area contributed by atoms with Gasteiger partial charge in [0, 0.05) is 17.3 Å². The smallest absolute Gasteiger partial charge is 0.326 e. The fourth-order valence-corrected chi connectivity index (χ4v) is 3.85. The summed E-state index contributed by atoms with van der Waals surface area (Å²) in [6.45, 7) is 1.49. The zero-order valence-corrected chi connectivity index (χ0v) is 15.5. The molecular weight excluding hydrogens is 368 g/mol. The minimum absolute atomic E-state index is 0.0557. The van der Waals surface area contributed by atoms with E-state index in [1.165, 1.54) is 48.2 Å². The number of nitrogens with one attached hydrogen (secondary N) is 1. The van der Waals surface area contributed by atoms with E-state index in [-0.39, 0.29) is 16.8 Å². The molecule has 142 valence electrons. The molecule has 1 unspecified atom stereocenters. The van der Waals surface area contributed by atoms with Crippen molar-refractivity contribution in [3.8, 4) is 0 Å². The Kier molecular flexibility index (Phi) is 5.18. The lowest BCUT2D eigenvalue weighted by Gasteiger charge is -2.26. The molecule has 0 aromatic heterocycles. The van der Waals surface area contributed by atoms with Crippen LogP contribution in [0.5, 0.6) is 0 Å². The van der Waals surface area contributed by atoms with Crippen LogP contribution in [0.1, 0.15) is 30.1 Å². The molecule has 0 saturated heterocycles. The molecule has 2 aromatic rings. The molecule has 0 bridgehead atoms. The summed E-state index contributed by atoms with van der Waals surface area (Å²) < 4.78 is 27.1. The molecule has 27 heavy (non-hydrogen) atoms. The van der Waals surface area contributed by atoms with Gasteiger partial charge in [0.15, 0.2) is 0 Å². The minimum atomic E-state index is -3.71. The number of nitrogens with zero attached hydrogens (tertiary/aromatic N) is 1. The molecule has 1 aliphatic rings. The van der Waals surface area contributed by atoms with E-state index in [0.29, 0.717) is 11.3 Å². The fraction of sp³-hybridized carbons (Fsp3) is 0.263. The van der Waals surface area contributed by atoms with Crippen molar-refractivity contribution in [3.63, 3.8) is 0 Å². The van der Waals surface area contributed by atoms with Gasteiger partial charge in [-0.15, -0.1) is 0 Å². The lowest BCUT2D eigenvalue weighted by atomic mass is 10.1. The predicted molar refractivity (Wildman–Crippen MR) is 100.0 cm³/mol. The molecule has 0 radical (unpaired) electrons. The van der Waals surface area contributed by atoms with E-state index < -0.39 is 22.0 Å². The maximum absolute atomic E-state index is 12.7. The average Bonchev–Trinajstić information content (AvgIpc) is 3.47. The third-order valence-corrected chi connectivity index (χ3v) is 5.78. The molecule has 0 aliphatic heterocycles. The number of sulfonamides is 1. The Labute approximate surface area is 157 Å². The Hall–Kier alpha value is -2.87. The molecule has 8 heteroatoms. The van der Waals surface area contributed by atoms with E-state index in [0.717, 1.165) is 12.8 Å². The lowest BCUT2D eigenvalue weighted by Crippen LogP contribution is -2.44. The van der Waals surface area contributed by atoms with Crippen LogP contribution in [0.25, 0.3) is 0 Å². The van der Waals surface area contributed by atoms with Gasteiger partial charge in [0.1, 0.15) is 6.04 Å². The molecule has 3 rings (SSSR count). The normalized spacial score (nSPS) is 15.0. The standard InChI is InChI=1S/C19H20N2O5S/c1-13(19(23)24)21(16-11-12-16)18(22)14-7-9-15(10-8-14)20-27(25,26)17-5-3-2-4-6-17/h2-10,13,16,20H,11-12H2,1H3,(H,23,24). The van der Waals surface area contributed by atoms with Crippen LogP contribution in [0.3, 0.4) is 0 Å². The summed E-state index contributed by atoms with van der Waals surface area (Å²) in [5, 5.41) is 9.23. The molecule has 1 atom stereocenters. The van der Waals surface area contributed by atoms with Crippen LogP contribution in [0.4, 0.5) is 5.69 Å². The molecule has 1 amide bonds. The molecule has 2 aromatic carbocycles. The quantitative estimate of drug-likeness (QED) is 0.759. The lowest BCUT2D eigenvalue weighted by molar-refractivity contribution is -0.141. The Morgan fingerprint density at radius 2 is 1.67 bits per heavy atom. The molecule has 1 aliphatic carbocycles. The van der Waals surface area contributed by atoms with Gasteiger partial charge in [0.2, 0.25) is 0 Å². The summed E-state index contributed by atoms with van der Waals surface area (Å²) in [7, 11) is -3.71. The highest BCUT2D eigenvalue weighted by atomic mass is 32.2. The Bertz CT molecular complexity index is 938. The van der Waals surface area contributed by atoms with Gasteiger partial charge in [-0.1, -0.05) is 18.2 Å². The SMILES string of the molecule is CC(C(=O)O)N(C(=O)c1ccc(NS(=O)(=O)c2ccccc2)cc1)C1CC1. The highest BCUT2D eigenvalue weighted by Gasteiger charge is 2.38. The predicted octanol–water partition coefficient (Wildman–Crippen LogP) is 2.57. The van der Waals surface area contributed by atoms with Gasteiger partial charge in [-0.25, -0.2) is 13.2 Å². The second kappa shape index (κ2) is 7.40. The van der Waals surface area contributed by atoms with Crippen molar-refractivity contribution in [2.45, 2.75) is 36.7 Å². The molecule has 0 spiro atoms. The summed E-state index contributed by atoms with van der Waals surface area (Å²) in [4.78, 5) is 25.5. The van der Waals surface area contributed by atoms with Crippen molar-refractivity contribution in [1.29, 1.82) is 0 Å². The number of benzene rings is 2. The van der Waals surface area contributed by atoms with Crippen molar-refractivity contribution in [2.24, 2.45) is 0 Å². The summed E-state index contributed by atoms with van der Waals surface area (Å²) in [5.41, 5.74) is 0.636. The molecule has 2 N–H and O–H groups in total. The van der Waals surface area contributed by atoms with Crippen LogP contribution in [0.15, 0.2) is 59.5 Å². The van der Waals surface area contributed by atoms with Gasteiger partial charge >= 0.3 is 5.97 Å². The number of carbonyl (C=O) groups is 2. The Morgan fingerprint density at radius 3 is 2.19 bits per heavy atom. The molecule has 1 fully saturated rings. The van der Waals surface area contributed by atoms with Crippen LogP contribution in [-0.2, 0) is 14.8 Å². The molecular formula is C19H20N2O5S. The fourth-order valence-electron chi connectivity index (χ4n) is 2.77. The monoisotopic (exact) mass is 388 g/mol. The third kappa shape index (κ3) is 4.28. The number of carbonyl (C=O) groups excluding carboxylic acids is 1. The highest BCUT2D eigenvalue weighted by Crippen LogP contribution is 2.30. The van der Waals surface area contributed by atoms with Crippen LogP contribution in [0, 0.1) is 0 Å². The number of aliphatic carboxylic acids is 1. The van der Waals surface area contributed by atoms with E-state index >= 15 is 0 Å². The number of hydrogen-bond acceptors (Lipinski definition) is 4. The largest absolute Gasteiger partial charge is 0.480 e. The number of rotatable bonds is 7. The number of amides is 1. The highest BCUT2D eigenvalue weighted by molar-refractivity contribution is 7.92. The van der Waals surface area contributed by atoms with Crippen LogP contribution < -0.4 is 4.72 Å². The van der Waals surface area contributed by atoms with E-state index in [1.54, 1.807) is 18.2 Å². The van der Waals surface area contributed by atoms with Gasteiger partial charge in [0.25, 0.3) is 15.9 Å². The Balaban J connectivity index is 1.77. The van der Waals surface area contributed by atoms with E-state index in [9.17, 15) is 23.1 Å². The maximum atomic E-state index is 12.7. The van der Waals surface area contributed by atoms with Crippen molar-refractivity contribution in [3.05, 3.63) is 60.2 Å². The number of carboxylic acids is 1. The van der Waals surface area contributed by atoms with Gasteiger partial charge in [-0.05, 0) is 56.2 Å². The van der Waals surface area contributed by atoms with E-state index in [1.807, 2.05) is 0 Å². The van der Waals surface area contributed by atoms with Crippen LogP contribution >= 0.6 is 0 Å². The summed E-state index contributed by atoms with van der Waals surface area (Å²) in [5.74, 6) is -1.42. The first-order valence-corrected chi connectivity index (χ1v) is 10.0. The van der Waals surface area contributed by atoms with E-state index in [4.69, 9.17) is 0 Å². The second-order valence-electron chi connectivity index (χ2n) is 6.45. The summed E-state index contributed by atoms with van der Waals surface area (Å²) >= 11 is 0. The zero-order valence-electron chi connectivity index (χ0n) is 14.7. The van der Waals surface area contributed by atoms with Gasteiger partial charge in [0.05, 0.1) is 4.90 Å². The first kappa shape index (κ1) is 18.9. The van der Waals surface area contributed by atoms with Gasteiger partial charge < -0.3 is 10.0 Å². The number of carboxylic acid groups (broad SMARTS) is 1. The second-order valence-corrected chi connectivity index (χ2v) is 8.14. The number of anilines is 1. The first-order valence-electron chi connectivity index (χ1n) is 8.53. The molecule has 1 saturated carbocycles. The average molecular weight is 388 g/mol. The topological polar surface area (TPSA) is 104 Å². The summed E-state index contributed by atoms with van der Waals surface area (Å²) in [6, 6.07) is 13.0. The molecule has 0 heterocycles. The van der Waals surface area contributed by atoms with Crippen molar-refractivity contribution >= 4 is 27.6 Å². The third-order valence-electron chi connectivity index (χ3n) is 4.39. The van der Waals surface area contributed by atoms with Gasteiger partial charge in [-0.3, -0.25) is 9.52 Å². The molecule has 7 nitrogen and oxygen atoms in total. The van der Waals surface area contributed by atoms with Crippen LogP contribution in [-0.4, -0.2) is 42.4 Å².